The van der Waals surface area contributed by atoms with Crippen LogP contribution in [0.5, 0.6) is 0 Å². The van der Waals surface area contributed by atoms with Gasteiger partial charge in [0.2, 0.25) is 11.8 Å². The molecule has 1 atom stereocenters. The molecule has 0 bridgehead atoms. The second kappa shape index (κ2) is 15.4. The van der Waals surface area contributed by atoms with Crippen LogP contribution in [0.3, 0.4) is 0 Å². The molecule has 2 amide bonds. The van der Waals surface area contributed by atoms with Gasteiger partial charge in [0.15, 0.2) is 0 Å². The van der Waals surface area contributed by atoms with Gasteiger partial charge in [-0.25, -0.2) is 12.8 Å². The van der Waals surface area contributed by atoms with E-state index in [1.807, 2.05) is 30.3 Å². The number of benzene rings is 4. The minimum absolute atomic E-state index is 0.00618. The van der Waals surface area contributed by atoms with Gasteiger partial charge in [0.05, 0.1) is 10.6 Å². The summed E-state index contributed by atoms with van der Waals surface area (Å²) in [5.41, 5.74) is 1.85. The highest BCUT2D eigenvalue weighted by Crippen LogP contribution is 2.26. The quantitative estimate of drug-likeness (QED) is 0.182. The van der Waals surface area contributed by atoms with E-state index >= 15 is 0 Å². The highest BCUT2D eigenvalue weighted by Gasteiger charge is 2.35. The van der Waals surface area contributed by atoms with Crippen LogP contribution in [0.4, 0.5) is 10.1 Å². The number of nitrogens with one attached hydrogen (secondary N) is 1. The van der Waals surface area contributed by atoms with E-state index in [4.69, 9.17) is 11.6 Å². The van der Waals surface area contributed by atoms with Crippen LogP contribution in [0.2, 0.25) is 5.02 Å². The molecule has 1 fully saturated rings. The Labute approximate surface area is 275 Å². The molecule has 0 heterocycles. The highest BCUT2D eigenvalue weighted by molar-refractivity contribution is 7.92. The summed E-state index contributed by atoms with van der Waals surface area (Å²) in [6.07, 6.45) is 5.14. The summed E-state index contributed by atoms with van der Waals surface area (Å²) in [4.78, 5) is 29.9. The number of hydrogen-bond donors (Lipinski definition) is 1. The lowest BCUT2D eigenvalue weighted by Crippen LogP contribution is -2.55. The second-order valence-electron chi connectivity index (χ2n) is 11.5. The molecule has 0 spiro atoms. The first-order chi connectivity index (χ1) is 22.2. The van der Waals surface area contributed by atoms with E-state index in [1.54, 1.807) is 54.6 Å². The topological polar surface area (TPSA) is 86.8 Å². The van der Waals surface area contributed by atoms with Crippen molar-refractivity contribution in [1.29, 1.82) is 0 Å². The summed E-state index contributed by atoms with van der Waals surface area (Å²) in [5.74, 6) is -1.43. The number of rotatable bonds is 12. The molecule has 4 aromatic rings. The average Bonchev–Trinajstić information content (AvgIpc) is 3.07. The number of hydrogen-bond acceptors (Lipinski definition) is 4. The van der Waals surface area contributed by atoms with Gasteiger partial charge in [0, 0.05) is 24.0 Å². The number of sulfonamides is 1. The van der Waals surface area contributed by atoms with E-state index < -0.39 is 34.3 Å². The molecule has 0 saturated heterocycles. The minimum atomic E-state index is -4.30. The molecular formula is C36H37ClFN3O4S. The zero-order valence-electron chi connectivity index (χ0n) is 25.4. The van der Waals surface area contributed by atoms with Gasteiger partial charge in [-0.1, -0.05) is 91.5 Å². The second-order valence-corrected chi connectivity index (χ2v) is 13.8. The molecule has 1 aliphatic rings. The van der Waals surface area contributed by atoms with Crippen molar-refractivity contribution in [3.63, 3.8) is 0 Å². The van der Waals surface area contributed by atoms with Gasteiger partial charge in [0.25, 0.3) is 10.0 Å². The van der Waals surface area contributed by atoms with Crippen molar-refractivity contribution in [2.24, 2.45) is 0 Å². The molecule has 7 nitrogen and oxygen atoms in total. The van der Waals surface area contributed by atoms with Gasteiger partial charge in [-0.15, -0.1) is 0 Å². The Kier molecular flexibility index (Phi) is 11.1. The Balaban J connectivity index is 1.54. The van der Waals surface area contributed by atoms with E-state index in [9.17, 15) is 22.4 Å². The van der Waals surface area contributed by atoms with Gasteiger partial charge >= 0.3 is 0 Å². The molecule has 0 unspecified atom stereocenters. The number of carbonyl (C=O) groups excluding carboxylic acids is 2. The minimum Gasteiger partial charge on any atom is -0.352 e. The van der Waals surface area contributed by atoms with Crippen LogP contribution in [0.15, 0.2) is 114 Å². The first-order valence-corrected chi connectivity index (χ1v) is 17.2. The average molecular weight is 662 g/mol. The van der Waals surface area contributed by atoms with Crippen molar-refractivity contribution in [3.05, 3.63) is 131 Å². The maximum absolute atomic E-state index is 14.5. The SMILES string of the molecule is O=C(NC1CCCCC1)[C@H](Cc1ccccc1)N(Cc1ccc(Cl)cc1)C(=O)CN(c1ccccc1)S(=O)(=O)c1ccc(F)cc1. The van der Waals surface area contributed by atoms with E-state index in [0.29, 0.717) is 5.02 Å². The number of nitrogens with zero attached hydrogens (tertiary/aromatic N) is 2. The third kappa shape index (κ3) is 8.53. The van der Waals surface area contributed by atoms with E-state index in [1.165, 1.54) is 17.0 Å². The van der Waals surface area contributed by atoms with Gasteiger partial charge in [-0.3, -0.25) is 13.9 Å². The first kappa shape index (κ1) is 33.2. The Hall–Kier alpha value is -4.21. The zero-order valence-corrected chi connectivity index (χ0v) is 27.0. The Morgan fingerprint density at radius 1 is 0.804 bits per heavy atom. The third-order valence-electron chi connectivity index (χ3n) is 8.21. The summed E-state index contributed by atoms with van der Waals surface area (Å²) in [6, 6.07) is 28.3. The number of anilines is 1. The molecule has 4 aromatic carbocycles. The lowest BCUT2D eigenvalue weighted by molar-refractivity contribution is -0.140. The van der Waals surface area contributed by atoms with Crippen molar-refractivity contribution >= 4 is 39.1 Å². The molecule has 5 rings (SSSR count). The standard InChI is InChI=1S/C36H37ClFN3O4S/c37-29-18-16-28(17-19-29)25-40(34(24-27-10-4-1-5-11-27)36(43)39-31-12-6-2-7-13-31)35(42)26-41(32-14-8-3-9-15-32)46(44,45)33-22-20-30(38)21-23-33/h1,3-5,8-11,14-23,31,34H,2,6-7,12-13,24-26H2,(H,39,43)/t34-/m0/s1. The number of carbonyl (C=O) groups is 2. The number of amides is 2. The number of halogens is 2. The lowest BCUT2D eigenvalue weighted by Gasteiger charge is -2.35. The Morgan fingerprint density at radius 3 is 2.04 bits per heavy atom. The zero-order chi connectivity index (χ0) is 32.5. The largest absolute Gasteiger partial charge is 0.352 e. The monoisotopic (exact) mass is 661 g/mol. The van der Waals surface area contributed by atoms with Crippen LogP contribution >= 0.6 is 11.6 Å². The maximum atomic E-state index is 14.5. The fourth-order valence-corrected chi connectivity index (χ4v) is 7.28. The third-order valence-corrected chi connectivity index (χ3v) is 10.3. The number of para-hydroxylation sites is 1. The van der Waals surface area contributed by atoms with E-state index in [2.05, 4.69) is 5.32 Å². The fourth-order valence-electron chi connectivity index (χ4n) is 5.74. The van der Waals surface area contributed by atoms with Crippen molar-refractivity contribution < 1.29 is 22.4 Å². The molecule has 1 aliphatic carbocycles. The van der Waals surface area contributed by atoms with E-state index in [-0.39, 0.29) is 35.5 Å². The van der Waals surface area contributed by atoms with Crippen molar-refractivity contribution in [1.82, 2.24) is 10.2 Å². The predicted molar refractivity (Wildman–Crippen MR) is 178 cm³/mol. The molecule has 0 aliphatic heterocycles. The van der Waals surface area contributed by atoms with Crippen LogP contribution in [-0.4, -0.2) is 43.8 Å². The first-order valence-electron chi connectivity index (χ1n) is 15.4. The Morgan fingerprint density at radius 2 is 1.41 bits per heavy atom. The van der Waals surface area contributed by atoms with E-state index in [0.717, 1.165) is 59.7 Å². The van der Waals surface area contributed by atoms with Gasteiger partial charge in [-0.05, 0) is 72.5 Å². The molecule has 0 aromatic heterocycles. The summed E-state index contributed by atoms with van der Waals surface area (Å²) in [6.45, 7) is -0.538. The van der Waals surface area contributed by atoms with Crippen LogP contribution in [-0.2, 0) is 32.6 Å². The molecule has 0 radical (unpaired) electrons. The maximum Gasteiger partial charge on any atom is 0.264 e. The van der Waals surface area contributed by atoms with Crippen molar-refractivity contribution in [2.45, 2.75) is 62.0 Å². The molecular weight excluding hydrogens is 625 g/mol. The summed E-state index contributed by atoms with van der Waals surface area (Å²) >= 11 is 6.15. The molecule has 10 heteroatoms. The molecule has 1 saturated carbocycles. The van der Waals surface area contributed by atoms with Gasteiger partial charge in [0.1, 0.15) is 18.4 Å². The predicted octanol–water partition coefficient (Wildman–Crippen LogP) is 6.76. The summed E-state index contributed by atoms with van der Waals surface area (Å²) in [7, 11) is -4.30. The highest BCUT2D eigenvalue weighted by atomic mass is 35.5. The van der Waals surface area contributed by atoms with Crippen molar-refractivity contribution in [2.75, 3.05) is 10.8 Å². The lowest BCUT2D eigenvalue weighted by atomic mass is 9.94. The fraction of sp³-hybridized carbons (Fsp3) is 0.278. The van der Waals surface area contributed by atoms with Crippen LogP contribution in [0.25, 0.3) is 0 Å². The molecule has 1 N–H and O–H groups in total. The van der Waals surface area contributed by atoms with Crippen molar-refractivity contribution in [3.8, 4) is 0 Å². The molecule has 46 heavy (non-hydrogen) atoms. The smallest absolute Gasteiger partial charge is 0.264 e. The summed E-state index contributed by atoms with van der Waals surface area (Å²) < 4.78 is 42.7. The Bertz CT molecular complexity index is 1700. The van der Waals surface area contributed by atoms with Gasteiger partial charge in [-0.2, -0.15) is 0 Å². The van der Waals surface area contributed by atoms with Crippen LogP contribution in [0, 0.1) is 5.82 Å². The summed E-state index contributed by atoms with van der Waals surface area (Å²) in [5, 5.41) is 3.72. The van der Waals surface area contributed by atoms with Crippen LogP contribution in [0.1, 0.15) is 43.2 Å². The van der Waals surface area contributed by atoms with Gasteiger partial charge < -0.3 is 10.2 Å². The van der Waals surface area contributed by atoms with Crippen LogP contribution < -0.4 is 9.62 Å². The molecule has 240 valence electrons. The normalized spacial score (nSPS) is 14.3.